The summed E-state index contributed by atoms with van der Waals surface area (Å²) in [6.45, 7) is 4.44. The van der Waals surface area contributed by atoms with Crippen molar-refractivity contribution in [2.45, 2.75) is 13.8 Å². The van der Waals surface area contributed by atoms with Crippen LogP contribution in [0, 0.1) is 13.8 Å². The number of para-hydroxylation sites is 3. The number of aryl methyl sites for hydroxylation is 2. The minimum Gasteiger partial charge on any atom is -0.311 e. The van der Waals surface area contributed by atoms with E-state index < -0.39 is 0 Å². The van der Waals surface area contributed by atoms with Gasteiger partial charge in [-0.2, -0.15) is 0 Å². The molecular formula is C71H49BN6. The Kier molecular flexibility index (Phi) is 10.6. The van der Waals surface area contributed by atoms with Gasteiger partial charge in [0.25, 0.3) is 6.71 Å². The van der Waals surface area contributed by atoms with E-state index in [-0.39, 0.29) is 6.71 Å². The van der Waals surface area contributed by atoms with Gasteiger partial charge in [0, 0.05) is 67.2 Å². The van der Waals surface area contributed by atoms with Crippen molar-refractivity contribution in [1.82, 2.24) is 19.5 Å². The zero-order chi connectivity index (χ0) is 51.8. The molecule has 0 saturated heterocycles. The number of anilines is 6. The van der Waals surface area contributed by atoms with Gasteiger partial charge in [-0.3, -0.25) is 0 Å². The number of fused-ring (bicyclic) bond motifs is 7. The van der Waals surface area contributed by atoms with Gasteiger partial charge in [0.1, 0.15) is 0 Å². The third kappa shape index (κ3) is 7.46. The maximum Gasteiger partial charge on any atom is 0.252 e. The number of rotatable bonds is 8. The van der Waals surface area contributed by atoms with E-state index in [4.69, 9.17) is 15.0 Å². The van der Waals surface area contributed by atoms with E-state index in [2.05, 4.69) is 253 Å². The molecule has 2 aliphatic rings. The van der Waals surface area contributed by atoms with E-state index >= 15 is 0 Å². The molecular weight excluding hydrogens is 948 g/mol. The Hall–Kier alpha value is -10.1. The molecule has 15 rings (SSSR count). The highest BCUT2D eigenvalue weighted by atomic mass is 15.2. The van der Waals surface area contributed by atoms with E-state index in [1.165, 1.54) is 61.0 Å². The standard InChI is InChI=1S/C71H49BN6/c1-46-29-40-62-57(43-46)58-44-47(2)30-41-63(58)78(62)61-42-37-53(71-74-69(51-17-6-3-7-18-51)73-70(75-71)52-19-8-4-9-20-52)45-56(61)50-33-31-48(32-34-50)49-35-38-55(39-36-49)77-65-26-15-13-24-60(65)72-59-23-12-14-25-64(59)76(54-21-10-5-11-22-54)66-27-16-28-67(77)68(66)72/h3-45H,1-2H3. The lowest BCUT2D eigenvalue weighted by atomic mass is 9.33. The molecule has 0 unspecified atom stereocenters. The first-order valence-electron chi connectivity index (χ1n) is 26.7. The van der Waals surface area contributed by atoms with Crippen molar-refractivity contribution in [3.8, 4) is 62.1 Å². The van der Waals surface area contributed by atoms with Crippen LogP contribution in [0.1, 0.15) is 11.1 Å². The van der Waals surface area contributed by atoms with Gasteiger partial charge in [0.05, 0.1) is 16.7 Å². The Bertz CT molecular complexity index is 4340. The lowest BCUT2D eigenvalue weighted by molar-refractivity contribution is 1.07. The van der Waals surface area contributed by atoms with Crippen LogP contribution in [-0.2, 0) is 0 Å². The van der Waals surface area contributed by atoms with Gasteiger partial charge in [-0.25, -0.2) is 15.0 Å². The van der Waals surface area contributed by atoms with E-state index in [0.717, 1.165) is 67.0 Å². The highest BCUT2D eigenvalue weighted by molar-refractivity contribution is 7.00. The first-order chi connectivity index (χ1) is 38.5. The summed E-state index contributed by atoms with van der Waals surface area (Å²) in [5.74, 6) is 1.87. The summed E-state index contributed by atoms with van der Waals surface area (Å²) < 4.78 is 2.43. The molecule has 2 aliphatic heterocycles. The second-order valence-corrected chi connectivity index (χ2v) is 20.5. The first kappa shape index (κ1) is 45.3. The minimum absolute atomic E-state index is 0.0953. The van der Waals surface area contributed by atoms with Crippen LogP contribution in [0.5, 0.6) is 0 Å². The normalized spacial score (nSPS) is 12.4. The van der Waals surface area contributed by atoms with Crippen LogP contribution in [0.2, 0.25) is 0 Å². The van der Waals surface area contributed by atoms with Gasteiger partial charge in [-0.05, 0) is 138 Å². The summed E-state index contributed by atoms with van der Waals surface area (Å²) >= 11 is 0. The van der Waals surface area contributed by atoms with Gasteiger partial charge in [-0.15, -0.1) is 0 Å². The maximum absolute atomic E-state index is 5.17. The van der Waals surface area contributed by atoms with Crippen LogP contribution in [0.3, 0.4) is 0 Å². The van der Waals surface area contributed by atoms with E-state index in [0.29, 0.717) is 17.5 Å². The summed E-state index contributed by atoms with van der Waals surface area (Å²) in [7, 11) is 0. The molecule has 4 heterocycles. The predicted molar refractivity (Wildman–Crippen MR) is 325 cm³/mol. The molecule has 11 aromatic carbocycles. The van der Waals surface area contributed by atoms with Crippen molar-refractivity contribution >= 4 is 79.0 Å². The first-order valence-corrected chi connectivity index (χ1v) is 26.7. The van der Waals surface area contributed by atoms with Gasteiger partial charge >= 0.3 is 0 Å². The highest BCUT2D eigenvalue weighted by Crippen LogP contribution is 2.45. The molecule has 0 saturated carbocycles. The van der Waals surface area contributed by atoms with E-state index in [1.807, 2.05) is 36.4 Å². The third-order valence-electron chi connectivity index (χ3n) is 15.7. The molecule has 6 nitrogen and oxygen atoms in total. The average molecular weight is 997 g/mol. The zero-order valence-electron chi connectivity index (χ0n) is 43.1. The SMILES string of the molecule is Cc1ccc2c(c1)c1cc(C)ccc1n2-c1ccc(-c2nc(-c3ccccc3)nc(-c3ccccc3)n2)cc1-c1ccc(-c2ccc(N3c4ccccc4B4c5ccccc5N(c5ccccc5)c5cccc3c54)cc2)cc1. The van der Waals surface area contributed by atoms with Crippen molar-refractivity contribution in [1.29, 1.82) is 0 Å². The Balaban J connectivity index is 0.843. The van der Waals surface area contributed by atoms with Gasteiger partial charge in [0.15, 0.2) is 17.5 Å². The Morgan fingerprint density at radius 2 is 0.731 bits per heavy atom. The molecule has 0 spiro atoms. The van der Waals surface area contributed by atoms with Crippen molar-refractivity contribution in [2.75, 3.05) is 9.80 Å². The quantitative estimate of drug-likeness (QED) is 0.142. The third-order valence-corrected chi connectivity index (χ3v) is 15.7. The molecule has 7 heteroatoms. The molecule has 78 heavy (non-hydrogen) atoms. The predicted octanol–water partition coefficient (Wildman–Crippen LogP) is 16.0. The van der Waals surface area contributed by atoms with Crippen LogP contribution in [0.15, 0.2) is 261 Å². The summed E-state index contributed by atoms with van der Waals surface area (Å²) in [6, 6.07) is 94.1. The van der Waals surface area contributed by atoms with Crippen LogP contribution < -0.4 is 26.2 Å². The fraction of sp³-hybridized carbons (Fsp3) is 0.0282. The van der Waals surface area contributed by atoms with E-state index in [1.54, 1.807) is 0 Å². The Morgan fingerprint density at radius 1 is 0.308 bits per heavy atom. The maximum atomic E-state index is 5.17. The van der Waals surface area contributed by atoms with Crippen LogP contribution in [0.4, 0.5) is 34.1 Å². The number of hydrogen-bond donors (Lipinski definition) is 0. The van der Waals surface area contributed by atoms with E-state index in [9.17, 15) is 0 Å². The van der Waals surface area contributed by atoms with Crippen molar-refractivity contribution in [3.05, 3.63) is 272 Å². The number of hydrogen-bond acceptors (Lipinski definition) is 5. The Morgan fingerprint density at radius 3 is 1.27 bits per heavy atom. The van der Waals surface area contributed by atoms with Crippen molar-refractivity contribution < 1.29 is 0 Å². The molecule has 0 amide bonds. The van der Waals surface area contributed by atoms with Gasteiger partial charge < -0.3 is 14.4 Å². The van der Waals surface area contributed by atoms with Crippen molar-refractivity contribution in [2.24, 2.45) is 0 Å². The van der Waals surface area contributed by atoms with Crippen LogP contribution in [-0.4, -0.2) is 26.2 Å². The summed E-state index contributed by atoms with van der Waals surface area (Å²) in [6.07, 6.45) is 0. The lowest BCUT2D eigenvalue weighted by Gasteiger charge is -2.44. The summed E-state index contributed by atoms with van der Waals surface area (Å²) in [5, 5.41) is 2.47. The fourth-order valence-electron chi connectivity index (χ4n) is 12.2. The number of aromatic nitrogens is 4. The number of benzene rings is 11. The second-order valence-electron chi connectivity index (χ2n) is 20.5. The van der Waals surface area contributed by atoms with Crippen LogP contribution in [0.25, 0.3) is 83.9 Å². The smallest absolute Gasteiger partial charge is 0.252 e. The molecule has 0 bridgehead atoms. The largest absolute Gasteiger partial charge is 0.311 e. The molecule has 0 atom stereocenters. The zero-order valence-corrected chi connectivity index (χ0v) is 43.1. The van der Waals surface area contributed by atoms with Gasteiger partial charge in [-0.1, -0.05) is 181 Å². The monoisotopic (exact) mass is 996 g/mol. The lowest BCUT2D eigenvalue weighted by Crippen LogP contribution is -2.61. The molecule has 13 aromatic rings. The summed E-state index contributed by atoms with van der Waals surface area (Å²) in [4.78, 5) is 20.2. The number of nitrogens with zero attached hydrogens (tertiary/aromatic N) is 6. The molecule has 0 radical (unpaired) electrons. The van der Waals surface area contributed by atoms with Crippen LogP contribution >= 0.6 is 0 Å². The second kappa shape index (κ2) is 18.3. The molecule has 0 fully saturated rings. The minimum atomic E-state index is 0.0953. The summed E-state index contributed by atoms with van der Waals surface area (Å²) in [5.41, 5.74) is 24.1. The average Bonchev–Trinajstić information content (AvgIpc) is 3.93. The Labute approximate surface area is 454 Å². The molecule has 366 valence electrons. The molecule has 0 N–H and O–H groups in total. The molecule has 2 aromatic heterocycles. The fourth-order valence-corrected chi connectivity index (χ4v) is 12.2. The highest BCUT2D eigenvalue weighted by Gasteiger charge is 2.42. The van der Waals surface area contributed by atoms with Crippen molar-refractivity contribution in [3.63, 3.8) is 0 Å². The van der Waals surface area contributed by atoms with Gasteiger partial charge in [0.2, 0.25) is 0 Å². The topological polar surface area (TPSA) is 50.1 Å². The molecule has 0 aliphatic carbocycles.